The first kappa shape index (κ1) is 21.9. The Morgan fingerprint density at radius 1 is 1.40 bits per heavy atom. The van der Waals surface area contributed by atoms with Crippen LogP contribution in [0.3, 0.4) is 0 Å². The average molecular weight is 435 g/mol. The molecule has 2 unspecified atom stereocenters. The Hall–Kier alpha value is -2.78. The molecule has 2 aromatic heterocycles. The van der Waals surface area contributed by atoms with Crippen molar-refractivity contribution in [2.24, 2.45) is 7.05 Å². The van der Waals surface area contributed by atoms with Gasteiger partial charge < -0.3 is 14.7 Å². The van der Waals surface area contributed by atoms with Crippen molar-refractivity contribution in [3.8, 4) is 11.4 Å². The Morgan fingerprint density at radius 2 is 2.23 bits per heavy atom. The molecule has 2 atom stereocenters. The molecule has 1 N–H and O–H groups in total. The molecule has 1 fully saturated rings. The van der Waals surface area contributed by atoms with E-state index in [9.17, 15) is 9.18 Å². The molecule has 3 heterocycles. The van der Waals surface area contributed by atoms with E-state index >= 15 is 0 Å². The van der Waals surface area contributed by atoms with Crippen LogP contribution in [-0.4, -0.2) is 50.9 Å². The van der Waals surface area contributed by atoms with Gasteiger partial charge in [-0.25, -0.2) is 4.39 Å². The summed E-state index contributed by atoms with van der Waals surface area (Å²) >= 11 is 0. The zero-order valence-electron chi connectivity index (χ0n) is 16.8. The predicted octanol–water partition coefficient (Wildman–Crippen LogP) is 2.70. The summed E-state index contributed by atoms with van der Waals surface area (Å²) in [7, 11) is 3.59. The van der Waals surface area contributed by atoms with Crippen molar-refractivity contribution in [1.29, 1.82) is 0 Å². The second kappa shape index (κ2) is 9.36. The lowest BCUT2D eigenvalue weighted by molar-refractivity contribution is -0.134. The number of carbonyl (C=O) groups excluding carboxylic acids is 1. The van der Waals surface area contributed by atoms with Gasteiger partial charge in [0.1, 0.15) is 11.9 Å². The van der Waals surface area contributed by atoms with Gasteiger partial charge in [-0.3, -0.25) is 9.48 Å². The number of halogens is 2. The van der Waals surface area contributed by atoms with Crippen molar-refractivity contribution < 1.29 is 13.7 Å². The molecule has 0 bridgehead atoms. The maximum absolute atomic E-state index is 13.5. The van der Waals surface area contributed by atoms with E-state index < -0.39 is 6.04 Å². The number of amides is 1. The first-order valence-corrected chi connectivity index (χ1v) is 9.59. The third-order valence-corrected chi connectivity index (χ3v) is 5.20. The van der Waals surface area contributed by atoms with E-state index in [0.29, 0.717) is 30.4 Å². The van der Waals surface area contributed by atoms with Crippen LogP contribution >= 0.6 is 12.4 Å². The van der Waals surface area contributed by atoms with Crippen LogP contribution in [0.5, 0.6) is 0 Å². The highest BCUT2D eigenvalue weighted by Crippen LogP contribution is 2.29. The molecule has 160 valence electrons. The standard InChI is InChI=1S/C20H23FN6O2.ClH/c1-22-17(15-10-23-26(2)11-15)20(28)27-8-4-6-14(12-27)19-24-18(25-29-19)13-5-3-7-16(21)9-13;/h3,5,7,9-11,14,17,22H,4,6,8,12H2,1-2H3;1H. The van der Waals surface area contributed by atoms with E-state index in [4.69, 9.17) is 4.52 Å². The Kier molecular flexibility index (Phi) is 6.84. The number of piperidine rings is 1. The minimum absolute atomic E-state index is 0. The van der Waals surface area contributed by atoms with Gasteiger partial charge in [-0.1, -0.05) is 17.3 Å². The zero-order chi connectivity index (χ0) is 20.4. The van der Waals surface area contributed by atoms with Gasteiger partial charge in [0, 0.05) is 37.5 Å². The summed E-state index contributed by atoms with van der Waals surface area (Å²) in [6.45, 7) is 1.18. The first-order valence-electron chi connectivity index (χ1n) is 9.59. The van der Waals surface area contributed by atoms with Crippen LogP contribution in [0.15, 0.2) is 41.2 Å². The highest BCUT2D eigenvalue weighted by Gasteiger charge is 2.32. The number of nitrogens with one attached hydrogen (secondary N) is 1. The van der Waals surface area contributed by atoms with Gasteiger partial charge in [0.25, 0.3) is 0 Å². The van der Waals surface area contributed by atoms with Gasteiger partial charge in [0.05, 0.1) is 12.1 Å². The molecule has 4 rings (SSSR count). The summed E-state index contributed by atoms with van der Waals surface area (Å²) in [6, 6.07) is 5.64. The van der Waals surface area contributed by atoms with Crippen LogP contribution < -0.4 is 5.32 Å². The molecule has 0 radical (unpaired) electrons. The van der Waals surface area contributed by atoms with Crippen LogP contribution in [0.25, 0.3) is 11.4 Å². The lowest BCUT2D eigenvalue weighted by Crippen LogP contribution is -2.44. The van der Waals surface area contributed by atoms with Crippen LogP contribution in [0.1, 0.15) is 36.3 Å². The van der Waals surface area contributed by atoms with Gasteiger partial charge in [-0.05, 0) is 32.0 Å². The molecule has 1 aliphatic rings. The molecule has 0 spiro atoms. The number of hydrogen-bond donors (Lipinski definition) is 1. The number of likely N-dealkylation sites (tertiary alicyclic amines) is 1. The maximum Gasteiger partial charge on any atom is 0.244 e. The number of carbonyl (C=O) groups is 1. The maximum atomic E-state index is 13.5. The third kappa shape index (κ3) is 4.52. The molecule has 0 aliphatic carbocycles. The number of likely N-dealkylation sites (N-methyl/N-ethyl adjacent to an activating group) is 1. The van der Waals surface area contributed by atoms with Crippen molar-refractivity contribution >= 4 is 18.3 Å². The zero-order valence-corrected chi connectivity index (χ0v) is 17.6. The van der Waals surface area contributed by atoms with Gasteiger partial charge in [0.15, 0.2) is 0 Å². The molecule has 8 nitrogen and oxygen atoms in total. The van der Waals surface area contributed by atoms with Crippen molar-refractivity contribution in [2.75, 3.05) is 20.1 Å². The molecule has 10 heteroatoms. The molecular formula is C20H24ClFN6O2. The molecule has 1 amide bonds. The van der Waals surface area contributed by atoms with Crippen LogP contribution in [0.2, 0.25) is 0 Å². The molecule has 1 aliphatic heterocycles. The monoisotopic (exact) mass is 434 g/mol. The summed E-state index contributed by atoms with van der Waals surface area (Å²) in [5.41, 5.74) is 1.39. The smallest absolute Gasteiger partial charge is 0.244 e. The van der Waals surface area contributed by atoms with E-state index in [-0.39, 0.29) is 30.0 Å². The predicted molar refractivity (Wildman–Crippen MR) is 111 cm³/mol. The van der Waals surface area contributed by atoms with E-state index in [1.54, 1.807) is 30.1 Å². The summed E-state index contributed by atoms with van der Waals surface area (Å²) < 4.78 is 20.6. The number of benzene rings is 1. The molecule has 0 saturated carbocycles. The van der Waals surface area contributed by atoms with E-state index in [2.05, 4.69) is 20.6 Å². The lowest BCUT2D eigenvalue weighted by atomic mass is 9.96. The fourth-order valence-corrected chi connectivity index (χ4v) is 3.73. The normalized spacial score (nSPS) is 17.4. The average Bonchev–Trinajstić information content (AvgIpc) is 3.38. The van der Waals surface area contributed by atoms with Crippen LogP contribution in [0, 0.1) is 5.82 Å². The topological polar surface area (TPSA) is 89.1 Å². The molecule has 30 heavy (non-hydrogen) atoms. The summed E-state index contributed by atoms with van der Waals surface area (Å²) in [6.07, 6.45) is 5.23. The second-order valence-corrected chi connectivity index (χ2v) is 7.26. The Balaban J connectivity index is 0.00000256. The van der Waals surface area contributed by atoms with Crippen LogP contribution in [-0.2, 0) is 11.8 Å². The first-order chi connectivity index (χ1) is 14.0. The largest absolute Gasteiger partial charge is 0.340 e. The van der Waals surface area contributed by atoms with Crippen molar-refractivity contribution in [3.63, 3.8) is 0 Å². The summed E-state index contributed by atoms with van der Waals surface area (Å²) in [5, 5.41) is 11.2. The van der Waals surface area contributed by atoms with E-state index in [1.165, 1.54) is 12.1 Å². The van der Waals surface area contributed by atoms with Crippen molar-refractivity contribution in [1.82, 2.24) is 30.1 Å². The molecule has 3 aromatic rings. The quantitative estimate of drug-likeness (QED) is 0.664. The SMILES string of the molecule is CNC(C(=O)N1CCCC(c2nc(-c3cccc(F)c3)no2)C1)c1cnn(C)c1.Cl. The summed E-state index contributed by atoms with van der Waals surface area (Å²) in [5.74, 6) is 0.427. The Labute approximate surface area is 179 Å². The van der Waals surface area contributed by atoms with Crippen molar-refractivity contribution in [3.05, 3.63) is 53.9 Å². The lowest BCUT2D eigenvalue weighted by Gasteiger charge is -2.33. The Bertz CT molecular complexity index is 1010. The third-order valence-electron chi connectivity index (χ3n) is 5.20. The molecule has 1 aromatic carbocycles. The van der Waals surface area contributed by atoms with Gasteiger partial charge in [-0.2, -0.15) is 10.1 Å². The van der Waals surface area contributed by atoms with E-state index in [1.807, 2.05) is 18.1 Å². The summed E-state index contributed by atoms with van der Waals surface area (Å²) in [4.78, 5) is 19.4. The molecule has 1 saturated heterocycles. The van der Waals surface area contributed by atoms with E-state index in [0.717, 1.165) is 18.4 Å². The fourth-order valence-electron chi connectivity index (χ4n) is 3.73. The van der Waals surface area contributed by atoms with Gasteiger partial charge in [0.2, 0.25) is 17.6 Å². The minimum Gasteiger partial charge on any atom is -0.340 e. The highest BCUT2D eigenvalue weighted by atomic mass is 35.5. The van der Waals surface area contributed by atoms with Crippen molar-refractivity contribution in [2.45, 2.75) is 24.8 Å². The van der Waals surface area contributed by atoms with Gasteiger partial charge in [-0.15, -0.1) is 12.4 Å². The Morgan fingerprint density at radius 3 is 2.93 bits per heavy atom. The number of aromatic nitrogens is 4. The second-order valence-electron chi connectivity index (χ2n) is 7.26. The minimum atomic E-state index is -0.451. The fraction of sp³-hybridized carbons (Fsp3) is 0.400. The highest BCUT2D eigenvalue weighted by molar-refractivity contribution is 5.85. The molecular weight excluding hydrogens is 411 g/mol. The number of aryl methyl sites for hydroxylation is 1. The number of nitrogens with zero attached hydrogens (tertiary/aromatic N) is 5. The van der Waals surface area contributed by atoms with Gasteiger partial charge >= 0.3 is 0 Å². The number of hydrogen-bond acceptors (Lipinski definition) is 6. The number of rotatable bonds is 5. The van der Waals surface area contributed by atoms with Crippen LogP contribution in [0.4, 0.5) is 4.39 Å².